The van der Waals surface area contributed by atoms with Gasteiger partial charge in [-0.25, -0.2) is 0 Å². The molecule has 0 aliphatic rings. The van der Waals surface area contributed by atoms with Crippen LogP contribution in [0.1, 0.15) is 97.3 Å². The van der Waals surface area contributed by atoms with Crippen LogP contribution in [0.5, 0.6) is 0 Å². The maximum absolute atomic E-state index is 11.4. The number of unbranched alkanes of at least 4 members (excludes halogenated alkanes) is 10. The molecule has 0 aromatic rings. The van der Waals surface area contributed by atoms with Gasteiger partial charge in [0.2, 0.25) is 0 Å². The van der Waals surface area contributed by atoms with Crippen molar-refractivity contribution in [1.82, 2.24) is 5.32 Å². The molecule has 0 aliphatic carbocycles. The lowest BCUT2D eigenvalue weighted by molar-refractivity contribution is -0.144. The first-order valence-electron chi connectivity index (χ1n) is 10.3. The third kappa shape index (κ3) is 16.3. The maximum Gasteiger partial charge on any atom is 0.322 e. The molecule has 0 fully saturated rings. The Bertz CT molecular complexity index is 272. The normalized spacial score (nSPS) is 12.3. The van der Waals surface area contributed by atoms with Crippen molar-refractivity contribution in [2.45, 2.75) is 103 Å². The molecular formula is C20H42N2O2. The predicted molar refractivity (Wildman–Crippen MR) is 103 cm³/mol. The summed E-state index contributed by atoms with van der Waals surface area (Å²) in [6, 6.07) is -0.452. The van der Waals surface area contributed by atoms with Crippen LogP contribution < -0.4 is 11.1 Å². The van der Waals surface area contributed by atoms with Crippen LogP contribution in [-0.4, -0.2) is 31.7 Å². The number of nitrogens with two attached hydrogens (primary N) is 1. The molecule has 0 aliphatic heterocycles. The van der Waals surface area contributed by atoms with Crippen LogP contribution in [0, 0.1) is 0 Å². The number of esters is 1. The first-order chi connectivity index (χ1) is 11.7. The summed E-state index contributed by atoms with van der Waals surface area (Å²) in [5.74, 6) is -0.268. The van der Waals surface area contributed by atoms with Gasteiger partial charge in [-0.05, 0) is 39.3 Å². The van der Waals surface area contributed by atoms with E-state index < -0.39 is 6.04 Å². The molecule has 0 spiro atoms. The summed E-state index contributed by atoms with van der Waals surface area (Å²) < 4.78 is 4.90. The summed E-state index contributed by atoms with van der Waals surface area (Å²) in [6.45, 7) is 6.62. The molecular weight excluding hydrogens is 300 g/mol. The van der Waals surface area contributed by atoms with Crippen molar-refractivity contribution in [1.29, 1.82) is 0 Å². The van der Waals surface area contributed by atoms with Gasteiger partial charge >= 0.3 is 5.97 Å². The van der Waals surface area contributed by atoms with Crippen LogP contribution in [0.15, 0.2) is 0 Å². The summed E-state index contributed by atoms with van der Waals surface area (Å²) in [4.78, 5) is 11.4. The maximum atomic E-state index is 11.4. The van der Waals surface area contributed by atoms with E-state index in [-0.39, 0.29) is 5.97 Å². The Morgan fingerprint density at radius 3 is 1.88 bits per heavy atom. The van der Waals surface area contributed by atoms with Gasteiger partial charge in [0, 0.05) is 0 Å². The molecule has 0 saturated carbocycles. The zero-order chi connectivity index (χ0) is 17.9. The standard InChI is InChI=1S/C20H42N2O2/c1-3-5-6-7-8-9-10-11-12-14-17-22-18-15-13-16-19(21)20(23)24-4-2/h19,22H,3-18,21H2,1-2H3/t19-/m0/s1. The third-order valence-corrected chi connectivity index (χ3v) is 4.42. The zero-order valence-corrected chi connectivity index (χ0v) is 16.3. The monoisotopic (exact) mass is 342 g/mol. The van der Waals surface area contributed by atoms with Crippen molar-refractivity contribution in [2.24, 2.45) is 5.73 Å². The summed E-state index contributed by atoms with van der Waals surface area (Å²) >= 11 is 0. The van der Waals surface area contributed by atoms with Crippen molar-refractivity contribution in [3.63, 3.8) is 0 Å². The van der Waals surface area contributed by atoms with Gasteiger partial charge in [0.25, 0.3) is 0 Å². The lowest BCUT2D eigenvalue weighted by Crippen LogP contribution is -2.32. The van der Waals surface area contributed by atoms with E-state index in [0.717, 1.165) is 32.4 Å². The predicted octanol–water partition coefficient (Wildman–Crippen LogP) is 4.56. The Kier molecular flexibility index (Phi) is 18.2. The first-order valence-corrected chi connectivity index (χ1v) is 10.3. The molecule has 0 amide bonds. The average Bonchev–Trinajstić information content (AvgIpc) is 2.58. The Hall–Kier alpha value is -0.610. The molecule has 144 valence electrons. The Morgan fingerprint density at radius 1 is 0.833 bits per heavy atom. The molecule has 0 saturated heterocycles. The van der Waals surface area contributed by atoms with Crippen LogP contribution in [0.2, 0.25) is 0 Å². The number of carbonyl (C=O) groups excluding carboxylic acids is 1. The molecule has 4 heteroatoms. The van der Waals surface area contributed by atoms with Gasteiger partial charge in [-0.3, -0.25) is 4.79 Å². The van der Waals surface area contributed by atoms with Gasteiger partial charge in [-0.15, -0.1) is 0 Å². The fourth-order valence-electron chi connectivity index (χ4n) is 2.84. The van der Waals surface area contributed by atoms with Crippen LogP contribution >= 0.6 is 0 Å². The van der Waals surface area contributed by atoms with E-state index in [1.807, 2.05) is 6.92 Å². The topological polar surface area (TPSA) is 64.3 Å². The highest BCUT2D eigenvalue weighted by Crippen LogP contribution is 2.10. The van der Waals surface area contributed by atoms with Crippen molar-refractivity contribution < 1.29 is 9.53 Å². The molecule has 0 aromatic carbocycles. The van der Waals surface area contributed by atoms with Gasteiger partial charge in [-0.2, -0.15) is 0 Å². The van der Waals surface area contributed by atoms with E-state index in [4.69, 9.17) is 10.5 Å². The van der Waals surface area contributed by atoms with Crippen LogP contribution in [-0.2, 0) is 9.53 Å². The van der Waals surface area contributed by atoms with Crippen molar-refractivity contribution in [2.75, 3.05) is 19.7 Å². The number of rotatable bonds is 18. The highest BCUT2D eigenvalue weighted by atomic mass is 16.5. The number of hydrogen-bond acceptors (Lipinski definition) is 4. The van der Waals surface area contributed by atoms with E-state index >= 15 is 0 Å². The lowest BCUT2D eigenvalue weighted by atomic mass is 10.1. The highest BCUT2D eigenvalue weighted by molar-refractivity contribution is 5.75. The van der Waals surface area contributed by atoms with E-state index in [1.165, 1.54) is 64.2 Å². The van der Waals surface area contributed by atoms with Crippen molar-refractivity contribution in [3.05, 3.63) is 0 Å². The molecule has 0 heterocycles. The van der Waals surface area contributed by atoms with Crippen LogP contribution in [0.4, 0.5) is 0 Å². The number of nitrogens with one attached hydrogen (secondary N) is 1. The van der Waals surface area contributed by atoms with E-state index in [0.29, 0.717) is 6.61 Å². The van der Waals surface area contributed by atoms with E-state index in [2.05, 4.69) is 12.2 Å². The van der Waals surface area contributed by atoms with Gasteiger partial charge in [0.15, 0.2) is 0 Å². The summed E-state index contributed by atoms with van der Waals surface area (Å²) in [5, 5.41) is 3.48. The molecule has 4 nitrogen and oxygen atoms in total. The number of carbonyl (C=O) groups is 1. The SMILES string of the molecule is CCCCCCCCCCCCNCCCC[C@H](N)C(=O)OCC. The molecule has 1 atom stereocenters. The third-order valence-electron chi connectivity index (χ3n) is 4.42. The molecule has 0 unspecified atom stereocenters. The quantitative estimate of drug-likeness (QED) is 0.283. The number of ether oxygens (including phenoxy) is 1. The Balaban J connectivity index is 3.14. The van der Waals surface area contributed by atoms with Crippen LogP contribution in [0.3, 0.4) is 0 Å². The average molecular weight is 343 g/mol. The second kappa shape index (κ2) is 18.7. The first kappa shape index (κ1) is 23.4. The van der Waals surface area contributed by atoms with E-state index in [1.54, 1.807) is 0 Å². The number of hydrogen-bond donors (Lipinski definition) is 2. The second-order valence-corrected chi connectivity index (χ2v) is 6.79. The van der Waals surface area contributed by atoms with Crippen molar-refractivity contribution in [3.8, 4) is 0 Å². The van der Waals surface area contributed by atoms with Crippen molar-refractivity contribution >= 4 is 5.97 Å². The molecule has 0 rings (SSSR count). The summed E-state index contributed by atoms with van der Waals surface area (Å²) in [6.07, 6.45) is 16.6. The lowest BCUT2D eigenvalue weighted by Gasteiger charge is -2.10. The second-order valence-electron chi connectivity index (χ2n) is 6.79. The van der Waals surface area contributed by atoms with Gasteiger partial charge < -0.3 is 15.8 Å². The molecule has 24 heavy (non-hydrogen) atoms. The van der Waals surface area contributed by atoms with Gasteiger partial charge in [-0.1, -0.05) is 71.1 Å². The molecule has 3 N–H and O–H groups in total. The minimum absolute atomic E-state index is 0.268. The molecule has 0 radical (unpaired) electrons. The van der Waals surface area contributed by atoms with Gasteiger partial charge in [0.05, 0.1) is 6.61 Å². The smallest absolute Gasteiger partial charge is 0.322 e. The molecule has 0 bridgehead atoms. The highest BCUT2D eigenvalue weighted by Gasteiger charge is 2.13. The van der Waals surface area contributed by atoms with Crippen LogP contribution in [0.25, 0.3) is 0 Å². The van der Waals surface area contributed by atoms with E-state index in [9.17, 15) is 4.79 Å². The molecule has 0 aromatic heterocycles. The fourth-order valence-corrected chi connectivity index (χ4v) is 2.84. The Labute approximate surface area is 150 Å². The summed E-state index contributed by atoms with van der Waals surface area (Å²) in [5.41, 5.74) is 5.76. The zero-order valence-electron chi connectivity index (χ0n) is 16.3. The summed E-state index contributed by atoms with van der Waals surface area (Å²) in [7, 11) is 0. The minimum atomic E-state index is -0.452. The Morgan fingerprint density at radius 2 is 1.33 bits per heavy atom. The van der Waals surface area contributed by atoms with Gasteiger partial charge in [0.1, 0.15) is 6.04 Å². The minimum Gasteiger partial charge on any atom is -0.465 e. The fraction of sp³-hybridized carbons (Fsp3) is 0.950. The largest absolute Gasteiger partial charge is 0.465 e.